The molecule has 2 nitrogen and oxygen atoms in total. The largest absolute Gasteiger partial charge is 0.457 e. The molecule has 0 saturated carbocycles. The normalized spacial score (nSPS) is 12.8. The van der Waals surface area contributed by atoms with Gasteiger partial charge in [-0.3, -0.25) is 0 Å². The van der Waals surface area contributed by atoms with E-state index in [1.165, 1.54) is 9.13 Å². The van der Waals surface area contributed by atoms with E-state index in [0.29, 0.717) is 5.02 Å². The zero-order valence-electron chi connectivity index (χ0n) is 10.9. The average Bonchev–Trinajstić information content (AvgIpc) is 2.87. The number of fused-ring (bicyclic) bond motifs is 1. The lowest BCUT2D eigenvalue weighted by atomic mass is 10.0. The Morgan fingerprint density at radius 1 is 1.15 bits per heavy atom. The number of benzene rings is 2. The van der Waals surface area contributed by atoms with Crippen molar-refractivity contribution >= 4 is 45.2 Å². The summed E-state index contributed by atoms with van der Waals surface area (Å²) < 4.78 is 7.17. The molecule has 0 aliphatic rings. The summed E-state index contributed by atoms with van der Waals surface area (Å²) >= 11 is 8.52. The van der Waals surface area contributed by atoms with E-state index in [-0.39, 0.29) is 6.04 Å². The Balaban J connectivity index is 2.12. The molecule has 1 aromatic heterocycles. The van der Waals surface area contributed by atoms with Gasteiger partial charge in [-0.1, -0.05) is 41.9 Å². The third-order valence-electron chi connectivity index (χ3n) is 3.30. The minimum absolute atomic E-state index is 0.0200. The summed E-state index contributed by atoms with van der Waals surface area (Å²) in [5.74, 6) is 0.875. The van der Waals surface area contributed by atoms with E-state index in [1.807, 2.05) is 43.4 Å². The van der Waals surface area contributed by atoms with Crippen LogP contribution in [0.5, 0.6) is 0 Å². The molecule has 0 amide bonds. The molecule has 102 valence electrons. The van der Waals surface area contributed by atoms with Crippen molar-refractivity contribution in [3.05, 3.63) is 68.4 Å². The second-order valence-corrected chi connectivity index (χ2v) is 6.12. The number of rotatable bonds is 3. The summed E-state index contributed by atoms with van der Waals surface area (Å²) in [5.41, 5.74) is 1.95. The highest BCUT2D eigenvalue weighted by molar-refractivity contribution is 14.1. The first kappa shape index (κ1) is 13.9. The van der Waals surface area contributed by atoms with Gasteiger partial charge in [0, 0.05) is 8.96 Å². The van der Waals surface area contributed by atoms with Crippen molar-refractivity contribution in [2.45, 2.75) is 6.04 Å². The summed E-state index contributed by atoms with van der Waals surface area (Å²) in [6.45, 7) is 0. The third kappa shape index (κ3) is 2.45. The van der Waals surface area contributed by atoms with Crippen molar-refractivity contribution < 1.29 is 4.42 Å². The van der Waals surface area contributed by atoms with Crippen LogP contribution in [0.25, 0.3) is 11.0 Å². The van der Waals surface area contributed by atoms with Crippen molar-refractivity contribution in [2.75, 3.05) is 7.05 Å². The van der Waals surface area contributed by atoms with Crippen molar-refractivity contribution in [3.63, 3.8) is 0 Å². The number of nitrogens with one attached hydrogen (secondary N) is 1. The summed E-state index contributed by atoms with van der Waals surface area (Å²) in [5, 5.41) is 4.99. The summed E-state index contributed by atoms with van der Waals surface area (Å²) in [6, 6.07) is 16.1. The molecule has 0 bridgehead atoms. The standard InChI is InChI=1S/C16H13ClINO/c1-19-15(11-6-2-3-8-13(11)18)14-9-10-5-4-7-12(17)16(10)20-14/h2-9,15,19H,1H3. The van der Waals surface area contributed by atoms with Crippen LogP contribution in [0, 0.1) is 3.57 Å². The number of hydrogen-bond acceptors (Lipinski definition) is 2. The third-order valence-corrected chi connectivity index (χ3v) is 4.58. The van der Waals surface area contributed by atoms with Crippen molar-refractivity contribution in [1.82, 2.24) is 5.32 Å². The molecule has 0 spiro atoms. The molecule has 0 fully saturated rings. The molecule has 4 heteroatoms. The minimum atomic E-state index is 0.0200. The van der Waals surface area contributed by atoms with Crippen molar-refractivity contribution in [3.8, 4) is 0 Å². The smallest absolute Gasteiger partial charge is 0.152 e. The molecule has 0 radical (unpaired) electrons. The Kier molecular flexibility index (Phi) is 4.01. The van der Waals surface area contributed by atoms with E-state index in [4.69, 9.17) is 16.0 Å². The zero-order valence-corrected chi connectivity index (χ0v) is 13.8. The molecule has 1 unspecified atom stereocenters. The van der Waals surface area contributed by atoms with E-state index >= 15 is 0 Å². The molecule has 0 aliphatic carbocycles. The highest BCUT2D eigenvalue weighted by Crippen LogP contribution is 2.33. The van der Waals surface area contributed by atoms with Crippen LogP contribution in [0.4, 0.5) is 0 Å². The van der Waals surface area contributed by atoms with Gasteiger partial charge in [0.1, 0.15) is 5.76 Å². The van der Waals surface area contributed by atoms with Gasteiger partial charge in [-0.25, -0.2) is 0 Å². The monoisotopic (exact) mass is 397 g/mol. The first-order valence-electron chi connectivity index (χ1n) is 6.30. The van der Waals surface area contributed by atoms with Crippen LogP contribution in [0.1, 0.15) is 17.4 Å². The van der Waals surface area contributed by atoms with Gasteiger partial charge in [-0.05, 0) is 53.4 Å². The van der Waals surface area contributed by atoms with Gasteiger partial charge in [-0.2, -0.15) is 0 Å². The first-order chi connectivity index (χ1) is 9.70. The maximum absolute atomic E-state index is 6.18. The van der Waals surface area contributed by atoms with Crippen molar-refractivity contribution in [2.24, 2.45) is 0 Å². The molecule has 0 aliphatic heterocycles. The van der Waals surface area contributed by atoms with E-state index in [0.717, 1.165) is 16.7 Å². The molecular weight excluding hydrogens is 385 g/mol. The Morgan fingerprint density at radius 2 is 1.95 bits per heavy atom. The van der Waals surface area contributed by atoms with Gasteiger partial charge < -0.3 is 9.73 Å². The van der Waals surface area contributed by atoms with E-state index in [1.54, 1.807) is 0 Å². The lowest BCUT2D eigenvalue weighted by Crippen LogP contribution is -2.18. The fraction of sp³-hybridized carbons (Fsp3) is 0.125. The van der Waals surface area contributed by atoms with Gasteiger partial charge in [-0.15, -0.1) is 0 Å². The highest BCUT2D eigenvalue weighted by atomic mass is 127. The Bertz CT molecular complexity index is 753. The zero-order chi connectivity index (χ0) is 14.1. The van der Waals surface area contributed by atoms with E-state index < -0.39 is 0 Å². The van der Waals surface area contributed by atoms with Gasteiger partial charge in [0.05, 0.1) is 11.1 Å². The topological polar surface area (TPSA) is 25.2 Å². The first-order valence-corrected chi connectivity index (χ1v) is 7.76. The van der Waals surface area contributed by atoms with Crippen molar-refractivity contribution in [1.29, 1.82) is 0 Å². The summed E-state index contributed by atoms with van der Waals surface area (Å²) in [4.78, 5) is 0. The predicted molar refractivity (Wildman–Crippen MR) is 91.3 cm³/mol. The molecular formula is C16H13ClINO. The maximum Gasteiger partial charge on any atom is 0.152 e. The Labute approximate surface area is 136 Å². The number of furan rings is 1. The molecule has 1 N–H and O–H groups in total. The fourth-order valence-electron chi connectivity index (χ4n) is 2.35. The van der Waals surface area contributed by atoms with Gasteiger partial charge in [0.25, 0.3) is 0 Å². The molecule has 0 saturated heterocycles. The highest BCUT2D eigenvalue weighted by Gasteiger charge is 2.19. The van der Waals surface area contributed by atoms with Crippen LogP contribution in [-0.4, -0.2) is 7.05 Å². The number of hydrogen-bond donors (Lipinski definition) is 1. The van der Waals surface area contributed by atoms with E-state index in [2.05, 4.69) is 40.0 Å². The average molecular weight is 398 g/mol. The minimum Gasteiger partial charge on any atom is -0.457 e. The lowest BCUT2D eigenvalue weighted by Gasteiger charge is -2.15. The van der Waals surface area contributed by atoms with Crippen LogP contribution >= 0.6 is 34.2 Å². The van der Waals surface area contributed by atoms with Gasteiger partial charge in [0.15, 0.2) is 5.58 Å². The van der Waals surface area contributed by atoms with Crippen LogP contribution in [0.2, 0.25) is 5.02 Å². The quantitative estimate of drug-likeness (QED) is 0.629. The fourth-order valence-corrected chi connectivity index (χ4v) is 3.27. The molecule has 3 rings (SSSR count). The Hall–Kier alpha value is -1.04. The van der Waals surface area contributed by atoms with Gasteiger partial charge >= 0.3 is 0 Å². The number of halogens is 2. The predicted octanol–water partition coefficient (Wildman–Crippen LogP) is 5.00. The van der Waals surface area contributed by atoms with Crippen LogP contribution in [0.3, 0.4) is 0 Å². The summed E-state index contributed by atoms with van der Waals surface area (Å²) in [7, 11) is 1.93. The van der Waals surface area contributed by atoms with Crippen LogP contribution < -0.4 is 5.32 Å². The Morgan fingerprint density at radius 3 is 2.65 bits per heavy atom. The lowest BCUT2D eigenvalue weighted by molar-refractivity contribution is 0.491. The maximum atomic E-state index is 6.18. The molecule has 1 atom stereocenters. The number of para-hydroxylation sites is 1. The van der Waals surface area contributed by atoms with Crippen LogP contribution in [0.15, 0.2) is 52.9 Å². The summed E-state index contributed by atoms with van der Waals surface area (Å²) in [6.07, 6.45) is 0. The van der Waals surface area contributed by atoms with Gasteiger partial charge in [0.2, 0.25) is 0 Å². The second-order valence-electron chi connectivity index (χ2n) is 4.55. The second kappa shape index (κ2) is 5.76. The van der Waals surface area contributed by atoms with Crippen LogP contribution in [-0.2, 0) is 0 Å². The molecule has 1 heterocycles. The molecule has 2 aromatic carbocycles. The molecule has 20 heavy (non-hydrogen) atoms. The molecule has 3 aromatic rings. The van der Waals surface area contributed by atoms with E-state index in [9.17, 15) is 0 Å². The SMILES string of the molecule is CNC(c1cc2cccc(Cl)c2o1)c1ccccc1I.